The Morgan fingerprint density at radius 2 is 1.24 bits per heavy atom. The molecule has 0 rings (SSSR count). The lowest BCUT2D eigenvalue weighted by Crippen LogP contribution is -2.26. The Balaban J connectivity index is 3.33. The normalized spacial score (nSPS) is 11.4. The SMILES string of the molecule is C=CC(=O)NOS(=O)(=O)CCCCCCCCCCCCCCCC. The summed E-state index contributed by atoms with van der Waals surface area (Å²) in [6.07, 6.45) is 18.0. The Morgan fingerprint density at radius 3 is 1.64 bits per heavy atom. The summed E-state index contributed by atoms with van der Waals surface area (Å²) in [5, 5.41) is 0. The Bertz CT molecular complexity index is 435. The van der Waals surface area contributed by atoms with Crippen LogP contribution in [0.1, 0.15) is 96.8 Å². The second-order valence-electron chi connectivity index (χ2n) is 6.61. The van der Waals surface area contributed by atoms with E-state index >= 15 is 0 Å². The summed E-state index contributed by atoms with van der Waals surface area (Å²) in [5.41, 5.74) is 1.83. The molecule has 0 atom stereocenters. The van der Waals surface area contributed by atoms with E-state index in [0.717, 1.165) is 25.3 Å². The van der Waals surface area contributed by atoms with E-state index in [1.54, 1.807) is 0 Å². The molecule has 0 aliphatic carbocycles. The lowest BCUT2D eigenvalue weighted by atomic mass is 10.0. The predicted molar refractivity (Wildman–Crippen MR) is 104 cm³/mol. The van der Waals surface area contributed by atoms with Crippen molar-refractivity contribution in [2.45, 2.75) is 96.8 Å². The van der Waals surface area contributed by atoms with E-state index in [1.165, 1.54) is 64.2 Å². The van der Waals surface area contributed by atoms with Crippen molar-refractivity contribution in [1.82, 2.24) is 5.48 Å². The maximum Gasteiger partial charge on any atom is 0.287 e. The molecular formula is C19H37NO4S. The summed E-state index contributed by atoms with van der Waals surface area (Å²) in [4.78, 5) is 10.8. The Labute approximate surface area is 154 Å². The fraction of sp³-hybridized carbons (Fsp3) is 0.842. The molecule has 0 aromatic carbocycles. The molecule has 0 fully saturated rings. The molecular weight excluding hydrogens is 338 g/mol. The van der Waals surface area contributed by atoms with Crippen molar-refractivity contribution in [2.24, 2.45) is 0 Å². The molecule has 0 unspecified atom stereocenters. The highest BCUT2D eigenvalue weighted by molar-refractivity contribution is 7.86. The van der Waals surface area contributed by atoms with Gasteiger partial charge in [-0.1, -0.05) is 97.0 Å². The molecule has 6 heteroatoms. The van der Waals surface area contributed by atoms with E-state index in [4.69, 9.17) is 0 Å². The molecule has 0 spiro atoms. The number of carbonyl (C=O) groups excluding carboxylic acids is 1. The van der Waals surface area contributed by atoms with Crippen LogP contribution in [0.3, 0.4) is 0 Å². The lowest BCUT2D eigenvalue weighted by molar-refractivity contribution is -0.122. The molecule has 0 radical (unpaired) electrons. The maximum absolute atomic E-state index is 11.5. The van der Waals surface area contributed by atoms with E-state index in [0.29, 0.717) is 6.42 Å². The average Bonchev–Trinajstić information content (AvgIpc) is 2.60. The molecule has 0 heterocycles. The van der Waals surface area contributed by atoms with Gasteiger partial charge in [-0.3, -0.25) is 4.79 Å². The van der Waals surface area contributed by atoms with Crippen LogP contribution in [0.15, 0.2) is 12.7 Å². The third-order valence-corrected chi connectivity index (χ3v) is 5.33. The van der Waals surface area contributed by atoms with Crippen molar-refractivity contribution in [2.75, 3.05) is 5.75 Å². The van der Waals surface area contributed by atoms with E-state index in [-0.39, 0.29) is 5.75 Å². The first-order chi connectivity index (χ1) is 12.0. The second kappa shape index (κ2) is 16.6. The highest BCUT2D eigenvalue weighted by Crippen LogP contribution is 2.13. The zero-order valence-corrected chi connectivity index (χ0v) is 16.7. The molecule has 0 aliphatic heterocycles. The van der Waals surface area contributed by atoms with Gasteiger partial charge < -0.3 is 0 Å². The number of carbonyl (C=O) groups is 1. The van der Waals surface area contributed by atoms with Gasteiger partial charge in [-0.15, -0.1) is 4.28 Å². The van der Waals surface area contributed by atoms with Crippen molar-refractivity contribution in [3.05, 3.63) is 12.7 Å². The van der Waals surface area contributed by atoms with Crippen molar-refractivity contribution in [1.29, 1.82) is 0 Å². The first kappa shape index (κ1) is 24.1. The minimum atomic E-state index is -3.68. The van der Waals surface area contributed by atoms with Gasteiger partial charge in [0, 0.05) is 0 Å². The molecule has 0 aromatic heterocycles. The van der Waals surface area contributed by atoms with E-state index in [2.05, 4.69) is 17.8 Å². The fourth-order valence-electron chi connectivity index (χ4n) is 2.66. The molecule has 0 bridgehead atoms. The number of hydroxylamine groups is 1. The highest BCUT2D eigenvalue weighted by atomic mass is 32.2. The summed E-state index contributed by atoms with van der Waals surface area (Å²) < 4.78 is 27.4. The van der Waals surface area contributed by atoms with Gasteiger partial charge in [0.25, 0.3) is 16.0 Å². The zero-order valence-electron chi connectivity index (χ0n) is 15.9. The van der Waals surface area contributed by atoms with Gasteiger partial charge in [-0.25, -0.2) is 5.48 Å². The summed E-state index contributed by atoms with van der Waals surface area (Å²) in [6, 6.07) is 0. The summed E-state index contributed by atoms with van der Waals surface area (Å²) in [7, 11) is -3.68. The van der Waals surface area contributed by atoms with Crippen molar-refractivity contribution in [3.63, 3.8) is 0 Å². The zero-order chi connectivity index (χ0) is 18.8. The number of unbranched alkanes of at least 4 members (excludes halogenated alkanes) is 13. The topological polar surface area (TPSA) is 72.5 Å². The molecule has 25 heavy (non-hydrogen) atoms. The molecule has 0 aromatic rings. The summed E-state index contributed by atoms with van der Waals surface area (Å²) in [5.74, 6) is -0.729. The van der Waals surface area contributed by atoms with E-state index < -0.39 is 16.0 Å². The van der Waals surface area contributed by atoms with Crippen LogP contribution in [-0.2, 0) is 19.2 Å². The van der Waals surface area contributed by atoms with Crippen LogP contribution in [-0.4, -0.2) is 20.1 Å². The number of rotatable bonds is 18. The monoisotopic (exact) mass is 375 g/mol. The number of hydrogen-bond acceptors (Lipinski definition) is 4. The quantitative estimate of drug-likeness (QED) is 0.207. The second-order valence-corrected chi connectivity index (χ2v) is 8.30. The molecule has 148 valence electrons. The molecule has 0 aliphatic rings. The van der Waals surface area contributed by atoms with Crippen LogP contribution in [0, 0.1) is 0 Å². The summed E-state index contributed by atoms with van der Waals surface area (Å²) in [6.45, 7) is 5.46. The van der Waals surface area contributed by atoms with Gasteiger partial charge in [-0.05, 0) is 12.5 Å². The predicted octanol–water partition coefficient (Wildman–Crippen LogP) is 5.03. The standard InChI is InChI=1S/C19H37NO4S/c1-3-5-6-7-8-9-10-11-12-13-14-15-16-17-18-25(22,23)24-20-19(21)4-2/h4H,2-3,5-18H2,1H3,(H,20,21). The molecule has 1 N–H and O–H groups in total. The first-order valence-corrected chi connectivity index (χ1v) is 11.4. The van der Waals surface area contributed by atoms with Gasteiger partial charge in [-0.2, -0.15) is 8.42 Å². The average molecular weight is 376 g/mol. The van der Waals surface area contributed by atoms with Crippen LogP contribution < -0.4 is 5.48 Å². The van der Waals surface area contributed by atoms with Gasteiger partial charge in [0.15, 0.2) is 0 Å². The fourth-order valence-corrected chi connectivity index (χ4v) is 3.51. The van der Waals surface area contributed by atoms with Gasteiger partial charge in [0.05, 0.1) is 5.75 Å². The van der Waals surface area contributed by atoms with Crippen LogP contribution in [0.5, 0.6) is 0 Å². The first-order valence-electron chi connectivity index (χ1n) is 9.85. The lowest BCUT2D eigenvalue weighted by Gasteiger charge is -2.05. The van der Waals surface area contributed by atoms with Crippen molar-refractivity contribution in [3.8, 4) is 0 Å². The van der Waals surface area contributed by atoms with Crippen LogP contribution in [0.25, 0.3) is 0 Å². The summed E-state index contributed by atoms with van der Waals surface area (Å²) >= 11 is 0. The largest absolute Gasteiger partial charge is 0.287 e. The Kier molecular flexibility index (Phi) is 16.0. The highest BCUT2D eigenvalue weighted by Gasteiger charge is 2.12. The van der Waals surface area contributed by atoms with Gasteiger partial charge in [0.1, 0.15) is 0 Å². The molecule has 1 amide bonds. The third-order valence-electron chi connectivity index (χ3n) is 4.20. The smallest absolute Gasteiger partial charge is 0.268 e. The van der Waals surface area contributed by atoms with E-state index in [1.807, 2.05) is 5.48 Å². The maximum atomic E-state index is 11.5. The number of nitrogens with one attached hydrogen (secondary N) is 1. The van der Waals surface area contributed by atoms with Crippen LogP contribution >= 0.6 is 0 Å². The van der Waals surface area contributed by atoms with Crippen LogP contribution in [0.2, 0.25) is 0 Å². The van der Waals surface area contributed by atoms with E-state index in [9.17, 15) is 13.2 Å². The Hall–Kier alpha value is -0.880. The third kappa shape index (κ3) is 17.7. The van der Waals surface area contributed by atoms with Gasteiger partial charge >= 0.3 is 0 Å². The number of amides is 1. The van der Waals surface area contributed by atoms with Crippen molar-refractivity contribution >= 4 is 16.0 Å². The van der Waals surface area contributed by atoms with Gasteiger partial charge in [0.2, 0.25) is 0 Å². The van der Waals surface area contributed by atoms with Crippen LogP contribution in [0.4, 0.5) is 0 Å². The molecule has 5 nitrogen and oxygen atoms in total. The van der Waals surface area contributed by atoms with Crippen molar-refractivity contribution < 1.29 is 17.5 Å². The number of hydrogen-bond donors (Lipinski definition) is 1. The molecule has 0 saturated carbocycles. The minimum Gasteiger partial charge on any atom is -0.268 e. The Morgan fingerprint density at radius 1 is 0.840 bits per heavy atom. The minimum absolute atomic E-state index is 0.0670. The molecule has 0 saturated heterocycles.